The van der Waals surface area contributed by atoms with Crippen molar-refractivity contribution in [1.82, 2.24) is 0 Å². The van der Waals surface area contributed by atoms with Crippen molar-refractivity contribution in [3.63, 3.8) is 0 Å². The van der Waals surface area contributed by atoms with Gasteiger partial charge >= 0.3 is 5.97 Å². The molecule has 0 heterocycles. The molecule has 0 aromatic heterocycles. The summed E-state index contributed by atoms with van der Waals surface area (Å²) in [6.45, 7) is 0. The van der Waals surface area contributed by atoms with Crippen LogP contribution in [0.3, 0.4) is 0 Å². The fourth-order valence-electron chi connectivity index (χ4n) is 4.76. The summed E-state index contributed by atoms with van der Waals surface area (Å²) in [4.78, 5) is 32.2. The van der Waals surface area contributed by atoms with Gasteiger partial charge in [0.05, 0.1) is 19.3 Å². The highest BCUT2D eigenvalue weighted by Crippen LogP contribution is 2.50. The summed E-state index contributed by atoms with van der Waals surface area (Å²) < 4.78 is 49.7. The van der Waals surface area contributed by atoms with Crippen molar-refractivity contribution >= 4 is 188 Å². The smallest absolute Gasteiger partial charge is 0.307 e. The Hall–Kier alpha value is 0.620. The monoisotopic (exact) mass is 1160 g/mol. The molecule has 0 radical (unpaired) electrons. The van der Waals surface area contributed by atoms with E-state index in [0.717, 1.165) is 29.5 Å². The number of carboxylic acid groups (broad SMARTS) is 1. The number of benzene rings is 3. The molecule has 6 nitrogen and oxygen atoms in total. The number of primary amides is 1. The van der Waals surface area contributed by atoms with E-state index in [2.05, 4.69) is 69.2 Å². The zero-order valence-electron chi connectivity index (χ0n) is 26.2. The van der Waals surface area contributed by atoms with Gasteiger partial charge in [0.1, 0.15) is 17.5 Å². The van der Waals surface area contributed by atoms with Gasteiger partial charge in [-0.3, -0.25) is 14.4 Å². The van der Waals surface area contributed by atoms with Gasteiger partial charge in [-0.15, -0.1) is 0 Å². The molecule has 6 rings (SSSR count). The third kappa shape index (κ3) is 22.7. The number of halogens is 9. The molecule has 0 saturated heterocycles. The average molecular weight is 1170 g/mol. The van der Waals surface area contributed by atoms with Crippen LogP contribution in [0.25, 0.3) is 0 Å². The van der Waals surface area contributed by atoms with E-state index in [-0.39, 0.29) is 167 Å². The number of hydrogen-bond acceptors (Lipinski definition) is 4. The highest BCUT2D eigenvalue weighted by molar-refractivity contribution is 9.11. The van der Waals surface area contributed by atoms with Gasteiger partial charge in [0, 0.05) is 33.2 Å². The van der Waals surface area contributed by atoms with Crippen molar-refractivity contribution in [1.29, 1.82) is 0 Å². The lowest BCUT2D eigenvalue weighted by Gasteiger charge is -2.00. The third-order valence-electron chi connectivity index (χ3n) is 7.46. The first-order valence-corrected chi connectivity index (χ1v) is 18.9. The van der Waals surface area contributed by atoms with Crippen molar-refractivity contribution < 1.29 is 36.9 Å². The number of carbonyl (C=O) groups is 3. The van der Waals surface area contributed by atoms with E-state index in [1.165, 1.54) is 18.2 Å². The van der Waals surface area contributed by atoms with Crippen molar-refractivity contribution in [2.45, 2.75) is 59.3 Å². The molecule has 55 heavy (non-hydrogen) atoms. The lowest BCUT2D eigenvalue weighted by Crippen LogP contribution is -2.13. The predicted octanol–water partition coefficient (Wildman–Crippen LogP) is 12.0. The van der Waals surface area contributed by atoms with Crippen LogP contribution in [0.5, 0.6) is 0 Å². The minimum absolute atomic E-state index is 0. The van der Waals surface area contributed by atoms with Gasteiger partial charge in [0.2, 0.25) is 20.4 Å². The summed E-state index contributed by atoms with van der Waals surface area (Å²) in [6, 6.07) is 14.6. The summed E-state index contributed by atoms with van der Waals surface area (Å²) in [5.41, 5.74) is 7.64. The number of amides is 1. The first-order chi connectivity index (χ1) is 21.5. The molecule has 0 spiro atoms. The van der Waals surface area contributed by atoms with E-state index in [1.807, 2.05) is 12.1 Å². The van der Waals surface area contributed by atoms with E-state index in [1.54, 1.807) is 24.3 Å². The Kier molecular flexibility index (Phi) is 41.4. The summed E-state index contributed by atoms with van der Waals surface area (Å²) in [7, 11) is 7.36. The molecule has 3 aliphatic carbocycles. The molecule has 3 saturated carbocycles. The number of nitrogens with two attached hydrogens (primary N) is 1. The molecule has 3 fully saturated rings. The number of hydrogen-bond donors (Lipinski definition) is 2. The van der Waals surface area contributed by atoms with Crippen LogP contribution in [0.15, 0.2) is 68.0 Å². The molecular weight excluding hydrogens is 1120 g/mol. The molecule has 320 valence electrons. The van der Waals surface area contributed by atoms with Crippen LogP contribution >= 0.6 is 162 Å². The van der Waals surface area contributed by atoms with Crippen LogP contribution in [0.4, 0.5) is 13.2 Å². The predicted molar refractivity (Wildman–Crippen MR) is 265 cm³/mol. The molecule has 0 unspecified atom stereocenters. The molecule has 0 bridgehead atoms. The van der Waals surface area contributed by atoms with Crippen molar-refractivity contribution in [2.24, 2.45) is 23.5 Å². The first-order valence-electron chi connectivity index (χ1n) is 13.3. The maximum absolute atomic E-state index is 13.1. The van der Waals surface area contributed by atoms with E-state index < -0.39 is 15.2 Å². The molecule has 3 aromatic rings. The molecule has 0 aliphatic heterocycles. The molecule has 6 atom stereocenters. The molecular formula is C33H48Br3Cl3F3NO5S7. The Labute approximate surface area is 405 Å². The van der Waals surface area contributed by atoms with Crippen molar-refractivity contribution in [3.05, 3.63) is 102 Å². The van der Waals surface area contributed by atoms with Crippen molar-refractivity contribution in [2.75, 3.05) is 0 Å². The van der Waals surface area contributed by atoms with Gasteiger partial charge in [0.15, 0.2) is 0 Å². The van der Waals surface area contributed by atoms with Crippen LogP contribution in [-0.4, -0.2) is 26.4 Å². The van der Waals surface area contributed by atoms with Crippen LogP contribution in [0.2, 0.25) is 0 Å². The summed E-state index contributed by atoms with van der Waals surface area (Å²) in [5.74, 6) is -2.32. The molecule has 1 amide bonds. The Balaban J connectivity index is -0.000000111. The Bertz CT molecular complexity index is 1500. The van der Waals surface area contributed by atoms with Gasteiger partial charge < -0.3 is 10.8 Å². The Morgan fingerprint density at radius 3 is 1.07 bits per heavy atom. The zero-order chi connectivity index (χ0) is 34.5. The SMILES string of the molecule is C.C.C.NC(=O)[C@H]1C[C@@H]1c1ccc(Br)c(F)c1.O=C(Cl)[C@H]1C[C@@H]1c1ccc(Br)c(F)c1.O=C(O)[C@H]1C[C@@H]1c1ccc(Br)c(F)c1.O=S(Cl)Cl.S.S.S.S.S.S. The highest BCUT2D eigenvalue weighted by atomic mass is 79.9. The van der Waals surface area contributed by atoms with Crippen LogP contribution < -0.4 is 5.73 Å². The number of rotatable bonds is 6. The molecule has 22 heteroatoms. The van der Waals surface area contributed by atoms with Crippen LogP contribution in [0, 0.1) is 35.2 Å². The van der Waals surface area contributed by atoms with E-state index in [9.17, 15) is 27.6 Å². The lowest BCUT2D eigenvalue weighted by atomic mass is 10.1. The third-order valence-corrected chi connectivity index (χ3v) is 9.67. The topological polar surface area (TPSA) is 115 Å². The van der Waals surface area contributed by atoms with Gasteiger partial charge in [-0.2, -0.15) is 81.0 Å². The van der Waals surface area contributed by atoms with Gasteiger partial charge in [-0.1, -0.05) is 40.5 Å². The number of carboxylic acids is 1. The highest BCUT2D eigenvalue weighted by Gasteiger charge is 2.45. The summed E-state index contributed by atoms with van der Waals surface area (Å²) in [5, 5.41) is 8.38. The molecule has 3 aromatic carbocycles. The quantitative estimate of drug-likeness (QED) is 0.239. The lowest BCUT2D eigenvalue weighted by molar-refractivity contribution is -0.138. The number of aliphatic carboxylic acids is 1. The second kappa shape index (κ2) is 32.4. The fourth-order valence-corrected chi connectivity index (χ4v) is 5.74. The maximum Gasteiger partial charge on any atom is 0.307 e. The summed E-state index contributed by atoms with van der Waals surface area (Å²) >= 11 is 14.6. The zero-order valence-corrected chi connectivity index (χ0v) is 40.1. The van der Waals surface area contributed by atoms with Gasteiger partial charge in [0.25, 0.3) is 0 Å². The standard InChI is InChI=1S/C10H7BrClFO.C10H9BrFNO.C10H8BrFO2.3CH4.Cl2OS.6H2S/c11-8-2-1-5(3-9(8)13)6-4-7(6)10(12)14;2*11-8-2-1-5(3-9(8)12)6-4-7(6)10(13)14;;;;1-4(2)3;;;;;;/h1-3,6-7H,4H2;1-3,6-7H,4H2,(H2,13,14);1-3,6-7H,4H2,(H,13,14);3*1H4;;6*1H2/t3*6-,7+;;;;;;;;;;/m111........../s1. The second-order valence-electron chi connectivity index (χ2n) is 10.6. The maximum atomic E-state index is 13.1. The van der Waals surface area contributed by atoms with E-state index in [4.69, 9.17) is 26.7 Å². The number of carbonyl (C=O) groups excluding carboxylic acids is 2. The Morgan fingerprint density at radius 1 is 0.618 bits per heavy atom. The minimum atomic E-state index is -1.67. The van der Waals surface area contributed by atoms with Gasteiger partial charge in [-0.25, -0.2) is 17.4 Å². The van der Waals surface area contributed by atoms with Crippen LogP contribution in [-0.2, 0) is 23.6 Å². The normalized spacial score (nSPS) is 19.5. The van der Waals surface area contributed by atoms with E-state index in [0.29, 0.717) is 19.8 Å². The Morgan fingerprint density at radius 2 is 0.873 bits per heavy atom. The van der Waals surface area contributed by atoms with Gasteiger partial charge in [-0.05, 0) is 149 Å². The van der Waals surface area contributed by atoms with E-state index >= 15 is 0 Å². The summed E-state index contributed by atoms with van der Waals surface area (Å²) in [6.07, 6.45) is 2.11. The second-order valence-corrected chi connectivity index (χ2v) is 16.1. The van der Waals surface area contributed by atoms with Crippen molar-refractivity contribution in [3.8, 4) is 0 Å². The fraction of sp³-hybridized carbons (Fsp3) is 0.364. The minimum Gasteiger partial charge on any atom is -0.481 e. The largest absolute Gasteiger partial charge is 0.481 e. The molecule has 3 N–H and O–H groups in total. The first kappa shape index (κ1) is 70.2. The van der Waals surface area contributed by atoms with Crippen LogP contribution in [0.1, 0.15) is 76.0 Å². The average Bonchev–Trinajstić information content (AvgIpc) is 3.85. The molecule has 3 aliphatic rings.